The third-order valence-corrected chi connectivity index (χ3v) is 1.98. The Morgan fingerprint density at radius 3 is 1.91 bits per heavy atom. The van der Waals surface area contributed by atoms with Crippen molar-refractivity contribution in [3.63, 3.8) is 0 Å². The van der Waals surface area contributed by atoms with Crippen molar-refractivity contribution >= 4 is 11.9 Å². The normalized spacial score (nSPS) is 12.9. The molecule has 0 fully saturated rings. The number of hydrogen-bond acceptors (Lipinski definition) is 7. The number of carboxylic acid groups (broad SMARTS) is 2. The first kappa shape index (κ1) is 22.8. The Morgan fingerprint density at radius 2 is 1.59 bits per heavy atom. The van der Waals surface area contributed by atoms with Gasteiger partial charge >= 0.3 is 0 Å². The summed E-state index contributed by atoms with van der Waals surface area (Å²) in [6.07, 6.45) is 0.359. The van der Waals surface area contributed by atoms with Crippen LogP contribution in [0.1, 0.15) is 34.6 Å². The topological polar surface area (TPSA) is 122 Å². The number of aliphatic hydroxyl groups is 1. The Kier molecular flexibility index (Phi) is 12.6. The van der Waals surface area contributed by atoms with Crippen LogP contribution in [0.5, 0.6) is 0 Å². The summed E-state index contributed by atoms with van der Waals surface area (Å²) in [5, 5.41) is 31.6. The predicted octanol–water partition coefficient (Wildman–Crippen LogP) is -1.55. The molecule has 1 unspecified atom stereocenters. The highest BCUT2D eigenvalue weighted by Crippen LogP contribution is 1.99. The molecular formula is C15H27NO6-2. The molecule has 2 N–H and O–H groups in total. The molecule has 1 atom stereocenters. The molecule has 0 aliphatic carbocycles. The van der Waals surface area contributed by atoms with Crippen molar-refractivity contribution in [3.8, 4) is 0 Å². The summed E-state index contributed by atoms with van der Waals surface area (Å²) >= 11 is 0. The zero-order chi connectivity index (χ0) is 17.8. The molecule has 0 aliphatic heterocycles. The van der Waals surface area contributed by atoms with Gasteiger partial charge in [0, 0.05) is 18.7 Å². The number of rotatable bonds is 8. The maximum absolute atomic E-state index is 9.54. The van der Waals surface area contributed by atoms with E-state index >= 15 is 0 Å². The van der Waals surface area contributed by atoms with E-state index in [1.165, 1.54) is 0 Å². The number of aliphatic carboxylic acids is 2. The van der Waals surface area contributed by atoms with Crippen LogP contribution in [0.15, 0.2) is 12.2 Å². The highest BCUT2D eigenvalue weighted by Gasteiger charge is 2.12. The van der Waals surface area contributed by atoms with E-state index in [9.17, 15) is 24.9 Å². The van der Waals surface area contributed by atoms with Crippen molar-refractivity contribution in [1.29, 1.82) is 0 Å². The minimum absolute atomic E-state index is 0.0546. The Morgan fingerprint density at radius 1 is 1.14 bits per heavy atom. The molecule has 0 saturated carbocycles. The molecule has 22 heavy (non-hydrogen) atoms. The zero-order valence-corrected chi connectivity index (χ0v) is 13.9. The van der Waals surface area contributed by atoms with Gasteiger partial charge < -0.3 is 35.0 Å². The molecule has 0 spiro atoms. The number of aliphatic hydroxyl groups excluding tert-OH is 1. The van der Waals surface area contributed by atoms with E-state index in [1.807, 2.05) is 0 Å². The zero-order valence-electron chi connectivity index (χ0n) is 13.9. The Hall–Kier alpha value is -1.44. The van der Waals surface area contributed by atoms with Crippen molar-refractivity contribution in [1.82, 2.24) is 5.32 Å². The molecule has 0 aromatic rings. The number of hydrogen-bond donors (Lipinski definition) is 2. The van der Waals surface area contributed by atoms with Crippen LogP contribution < -0.4 is 15.5 Å². The van der Waals surface area contributed by atoms with Gasteiger partial charge in [-0.1, -0.05) is 13.8 Å². The lowest BCUT2D eigenvalue weighted by Gasteiger charge is -2.23. The number of ether oxygens (including phenoxy) is 1. The van der Waals surface area contributed by atoms with E-state index in [2.05, 4.69) is 39.9 Å². The summed E-state index contributed by atoms with van der Waals surface area (Å²) in [4.78, 5) is 18.8. The molecule has 7 nitrogen and oxygen atoms in total. The summed E-state index contributed by atoms with van der Waals surface area (Å²) in [6, 6.07) is 0. The molecule has 0 aromatic carbocycles. The van der Waals surface area contributed by atoms with Crippen LogP contribution >= 0.6 is 0 Å². The fourth-order valence-corrected chi connectivity index (χ4v) is 1.06. The number of β-amino-alcohol motifs (C(OH)–C–C–N with tert-alkyl or cyclic N) is 1. The quantitative estimate of drug-likeness (QED) is 0.520. The third kappa shape index (κ3) is 23.6. The highest BCUT2D eigenvalue weighted by atomic mass is 16.5. The smallest absolute Gasteiger partial charge is 0.0897 e. The SMILES string of the molecule is CC(C)COCC(O)CNC(C)(C)C.O=C([O-])/C=C\C(=O)[O-]. The van der Waals surface area contributed by atoms with Crippen LogP contribution in [0.4, 0.5) is 0 Å². The lowest BCUT2D eigenvalue weighted by Crippen LogP contribution is -2.42. The van der Waals surface area contributed by atoms with Gasteiger partial charge in [0.25, 0.3) is 0 Å². The first-order valence-electron chi connectivity index (χ1n) is 7.05. The summed E-state index contributed by atoms with van der Waals surface area (Å²) in [5.41, 5.74) is 0.0546. The van der Waals surface area contributed by atoms with E-state index in [4.69, 9.17) is 4.74 Å². The minimum Gasteiger partial charge on any atom is -0.545 e. The summed E-state index contributed by atoms with van der Waals surface area (Å²) < 4.78 is 5.33. The van der Waals surface area contributed by atoms with Gasteiger partial charge in [0.2, 0.25) is 0 Å². The van der Waals surface area contributed by atoms with Crippen molar-refractivity contribution in [3.05, 3.63) is 12.2 Å². The van der Waals surface area contributed by atoms with Crippen LogP contribution in [-0.2, 0) is 14.3 Å². The van der Waals surface area contributed by atoms with Crippen LogP contribution in [0.2, 0.25) is 0 Å². The van der Waals surface area contributed by atoms with Gasteiger partial charge in [-0.3, -0.25) is 0 Å². The average Bonchev–Trinajstić information content (AvgIpc) is 2.33. The van der Waals surface area contributed by atoms with Gasteiger partial charge in [0.1, 0.15) is 0 Å². The molecule has 0 amide bonds. The molecule has 0 aliphatic rings. The first-order chi connectivity index (χ1) is 9.94. The fourth-order valence-electron chi connectivity index (χ4n) is 1.06. The van der Waals surface area contributed by atoms with Gasteiger partial charge in [0.15, 0.2) is 0 Å². The third-order valence-electron chi connectivity index (χ3n) is 1.98. The van der Waals surface area contributed by atoms with Gasteiger partial charge in [-0.2, -0.15) is 0 Å². The molecule has 0 bridgehead atoms. The minimum atomic E-state index is -1.55. The number of carbonyl (C=O) groups excluding carboxylic acids is 2. The van der Waals surface area contributed by atoms with Crippen molar-refractivity contribution in [2.45, 2.75) is 46.3 Å². The monoisotopic (exact) mass is 317 g/mol. The van der Waals surface area contributed by atoms with E-state index in [0.717, 1.165) is 0 Å². The first-order valence-corrected chi connectivity index (χ1v) is 7.05. The Bertz CT molecular complexity index is 330. The molecule has 0 aromatic heterocycles. The van der Waals surface area contributed by atoms with E-state index < -0.39 is 18.0 Å². The Balaban J connectivity index is 0. The second-order valence-electron chi connectivity index (χ2n) is 6.19. The van der Waals surface area contributed by atoms with Crippen LogP contribution in [0.3, 0.4) is 0 Å². The molecular weight excluding hydrogens is 290 g/mol. The standard InChI is InChI=1S/C11H25NO2.C4H4O4/c1-9(2)7-14-8-10(13)6-12-11(3,4)5;5-3(6)1-2-4(7)8/h9-10,12-13H,6-8H2,1-5H3;1-2H,(H,5,6)(H,7,8)/p-2/b;2-1-. The van der Waals surface area contributed by atoms with Crippen molar-refractivity contribution in [2.24, 2.45) is 5.92 Å². The lowest BCUT2D eigenvalue weighted by atomic mass is 10.1. The van der Waals surface area contributed by atoms with Crippen LogP contribution in [0.25, 0.3) is 0 Å². The van der Waals surface area contributed by atoms with Crippen LogP contribution in [0, 0.1) is 5.92 Å². The van der Waals surface area contributed by atoms with E-state index in [0.29, 0.717) is 37.8 Å². The summed E-state index contributed by atoms with van der Waals surface area (Å²) in [6.45, 7) is 12.1. The molecule has 0 radical (unpaired) electrons. The van der Waals surface area contributed by atoms with Gasteiger partial charge in [-0.25, -0.2) is 0 Å². The molecule has 130 valence electrons. The van der Waals surface area contributed by atoms with E-state index in [-0.39, 0.29) is 5.54 Å². The van der Waals surface area contributed by atoms with Crippen molar-refractivity contribution < 1.29 is 29.6 Å². The maximum atomic E-state index is 9.54. The number of carbonyl (C=O) groups is 2. The number of carboxylic acids is 2. The second kappa shape index (κ2) is 12.1. The Labute approximate surface area is 132 Å². The summed E-state index contributed by atoms with van der Waals surface area (Å²) in [5.74, 6) is -2.57. The molecule has 0 saturated heterocycles. The molecule has 0 heterocycles. The average molecular weight is 317 g/mol. The lowest BCUT2D eigenvalue weighted by molar-refractivity contribution is -0.301. The van der Waals surface area contributed by atoms with Gasteiger partial charge in [-0.05, 0) is 38.8 Å². The summed E-state index contributed by atoms with van der Waals surface area (Å²) in [7, 11) is 0. The largest absolute Gasteiger partial charge is 0.545 e. The fraction of sp³-hybridized carbons (Fsp3) is 0.733. The molecule has 0 rings (SSSR count). The van der Waals surface area contributed by atoms with E-state index in [1.54, 1.807) is 0 Å². The number of nitrogens with one attached hydrogen (secondary N) is 1. The van der Waals surface area contributed by atoms with Gasteiger partial charge in [-0.15, -0.1) is 0 Å². The maximum Gasteiger partial charge on any atom is 0.0897 e. The van der Waals surface area contributed by atoms with Gasteiger partial charge in [0.05, 0.1) is 24.6 Å². The van der Waals surface area contributed by atoms with Crippen molar-refractivity contribution in [2.75, 3.05) is 19.8 Å². The molecule has 7 heteroatoms. The second-order valence-corrected chi connectivity index (χ2v) is 6.19. The van der Waals surface area contributed by atoms with Crippen LogP contribution in [-0.4, -0.2) is 48.4 Å². The highest BCUT2D eigenvalue weighted by molar-refractivity contribution is 5.87. The predicted molar refractivity (Wildman–Crippen MR) is 78.6 cm³/mol.